The molecule has 0 fully saturated rings. The average molecular weight is 477 g/mol. The van der Waals surface area contributed by atoms with Gasteiger partial charge in [0.1, 0.15) is 5.52 Å². The Bertz CT molecular complexity index is 1810. The van der Waals surface area contributed by atoms with Crippen LogP contribution in [-0.4, -0.2) is 19.9 Å². The lowest BCUT2D eigenvalue weighted by Crippen LogP contribution is -2.00. The number of benzene rings is 5. The molecule has 5 heteroatoms. The first-order chi connectivity index (χ1) is 18.3. The van der Waals surface area contributed by atoms with E-state index in [0.29, 0.717) is 28.9 Å². The molecule has 7 rings (SSSR count). The van der Waals surface area contributed by atoms with Gasteiger partial charge in [-0.2, -0.15) is 0 Å². The second kappa shape index (κ2) is 8.81. The van der Waals surface area contributed by atoms with E-state index in [9.17, 15) is 0 Å². The summed E-state index contributed by atoms with van der Waals surface area (Å²) in [4.78, 5) is 19.6. The molecule has 2 aromatic heterocycles. The first kappa shape index (κ1) is 21.1. The van der Waals surface area contributed by atoms with Crippen LogP contribution in [0.2, 0.25) is 0 Å². The molecule has 0 aliphatic rings. The molecule has 5 aromatic carbocycles. The summed E-state index contributed by atoms with van der Waals surface area (Å²) >= 11 is 0. The minimum Gasteiger partial charge on any atom is -0.436 e. The maximum atomic E-state index is 6.27. The van der Waals surface area contributed by atoms with Gasteiger partial charge in [-0.25, -0.2) is 19.9 Å². The van der Waals surface area contributed by atoms with Crippen LogP contribution < -0.4 is 0 Å². The van der Waals surface area contributed by atoms with E-state index in [4.69, 9.17) is 24.4 Å². The quantitative estimate of drug-likeness (QED) is 0.259. The van der Waals surface area contributed by atoms with Gasteiger partial charge in [-0.3, -0.25) is 0 Å². The number of fused-ring (bicyclic) bond motifs is 3. The van der Waals surface area contributed by atoms with Crippen molar-refractivity contribution in [1.82, 2.24) is 19.9 Å². The molecule has 7 aromatic rings. The minimum absolute atomic E-state index is 0.587. The first-order valence-electron chi connectivity index (χ1n) is 12.1. The van der Waals surface area contributed by atoms with Crippen molar-refractivity contribution in [3.05, 3.63) is 121 Å². The van der Waals surface area contributed by atoms with E-state index in [1.165, 1.54) is 0 Å². The van der Waals surface area contributed by atoms with Crippen LogP contribution in [0, 0.1) is 0 Å². The molecule has 174 valence electrons. The van der Waals surface area contributed by atoms with Crippen molar-refractivity contribution < 1.29 is 4.42 Å². The first-order valence-corrected chi connectivity index (χ1v) is 12.1. The summed E-state index contributed by atoms with van der Waals surface area (Å²) < 4.78 is 6.27. The number of rotatable bonds is 4. The smallest absolute Gasteiger partial charge is 0.227 e. The van der Waals surface area contributed by atoms with Gasteiger partial charge < -0.3 is 4.42 Å². The summed E-state index contributed by atoms with van der Waals surface area (Å²) in [6.45, 7) is 0. The molecule has 37 heavy (non-hydrogen) atoms. The zero-order chi connectivity index (χ0) is 24.6. The second-order valence-corrected chi connectivity index (χ2v) is 8.74. The predicted molar refractivity (Wildman–Crippen MR) is 147 cm³/mol. The molecule has 0 aliphatic heterocycles. The van der Waals surface area contributed by atoms with Crippen LogP contribution in [0.15, 0.2) is 126 Å². The molecule has 0 amide bonds. The van der Waals surface area contributed by atoms with Gasteiger partial charge in [0.2, 0.25) is 5.89 Å². The van der Waals surface area contributed by atoms with Crippen molar-refractivity contribution in [2.75, 3.05) is 0 Å². The Morgan fingerprint density at radius 1 is 0.432 bits per heavy atom. The summed E-state index contributed by atoms with van der Waals surface area (Å²) in [5, 5.41) is 2.00. The van der Waals surface area contributed by atoms with Gasteiger partial charge in [-0.15, -0.1) is 0 Å². The molecule has 0 N–H and O–H groups in total. The van der Waals surface area contributed by atoms with Crippen molar-refractivity contribution in [2.24, 2.45) is 0 Å². The molecule has 0 aliphatic carbocycles. The molecule has 0 atom stereocenters. The Morgan fingerprint density at radius 3 is 1.51 bits per heavy atom. The van der Waals surface area contributed by atoms with E-state index >= 15 is 0 Å². The maximum Gasteiger partial charge on any atom is 0.227 e. The molecular weight excluding hydrogens is 456 g/mol. The van der Waals surface area contributed by atoms with E-state index in [0.717, 1.165) is 38.5 Å². The Labute approximate surface area is 213 Å². The number of oxazole rings is 1. The standard InChI is InChI=1S/C32H20N4O/c1-4-12-21(13-5-1)29-34-30(22-14-6-2-7-15-22)36-31(35-29)26-20-27-28(25-19-11-10-18-24(25)26)33-32(37-27)23-16-8-3-9-17-23/h1-20H. The number of aromatic nitrogens is 4. The summed E-state index contributed by atoms with van der Waals surface area (Å²) in [5.74, 6) is 2.42. The molecule has 5 nitrogen and oxygen atoms in total. The van der Waals surface area contributed by atoms with E-state index < -0.39 is 0 Å². The lowest BCUT2D eigenvalue weighted by Gasteiger charge is -2.10. The van der Waals surface area contributed by atoms with E-state index in [1.807, 2.05) is 109 Å². The third kappa shape index (κ3) is 3.83. The van der Waals surface area contributed by atoms with Gasteiger partial charge in [0.15, 0.2) is 23.1 Å². The van der Waals surface area contributed by atoms with Gasteiger partial charge in [0.25, 0.3) is 0 Å². The summed E-state index contributed by atoms with van der Waals surface area (Å²) in [6.07, 6.45) is 0. The number of nitrogens with zero attached hydrogens (tertiary/aromatic N) is 4. The van der Waals surface area contributed by atoms with Crippen LogP contribution >= 0.6 is 0 Å². The second-order valence-electron chi connectivity index (χ2n) is 8.74. The van der Waals surface area contributed by atoms with Gasteiger partial charge in [-0.05, 0) is 23.6 Å². The molecular formula is C32H20N4O. The van der Waals surface area contributed by atoms with Crippen LogP contribution in [0.1, 0.15) is 0 Å². The topological polar surface area (TPSA) is 64.7 Å². The number of hydrogen-bond donors (Lipinski definition) is 0. The molecule has 0 saturated heterocycles. The van der Waals surface area contributed by atoms with Crippen LogP contribution in [0.4, 0.5) is 0 Å². The fourth-order valence-electron chi connectivity index (χ4n) is 4.57. The highest BCUT2D eigenvalue weighted by molar-refractivity contribution is 6.10. The van der Waals surface area contributed by atoms with E-state index in [-0.39, 0.29) is 0 Å². The van der Waals surface area contributed by atoms with Gasteiger partial charge in [0, 0.05) is 27.6 Å². The highest BCUT2D eigenvalue weighted by Gasteiger charge is 2.18. The monoisotopic (exact) mass is 476 g/mol. The summed E-state index contributed by atoms with van der Waals surface area (Å²) in [5.41, 5.74) is 5.17. The number of hydrogen-bond acceptors (Lipinski definition) is 5. The lowest BCUT2D eigenvalue weighted by molar-refractivity contribution is 0.620. The third-order valence-corrected chi connectivity index (χ3v) is 6.36. The Morgan fingerprint density at radius 2 is 0.919 bits per heavy atom. The van der Waals surface area contributed by atoms with Crippen molar-refractivity contribution in [2.45, 2.75) is 0 Å². The molecule has 0 unspecified atom stereocenters. The SMILES string of the molecule is c1ccc(-c2nc(-c3ccccc3)nc(-c3cc4oc(-c5ccccc5)nc4c4ccccc34)n2)cc1. The fourth-order valence-corrected chi connectivity index (χ4v) is 4.57. The Kier molecular flexibility index (Phi) is 5.03. The van der Waals surface area contributed by atoms with Crippen LogP contribution in [0.25, 0.3) is 67.5 Å². The Balaban J connectivity index is 1.50. The molecule has 2 heterocycles. The zero-order valence-electron chi connectivity index (χ0n) is 19.7. The fraction of sp³-hybridized carbons (Fsp3) is 0. The molecule has 0 bridgehead atoms. The van der Waals surface area contributed by atoms with Crippen LogP contribution in [-0.2, 0) is 0 Å². The summed E-state index contributed by atoms with van der Waals surface area (Å²) in [6, 6.07) is 40.1. The highest BCUT2D eigenvalue weighted by Crippen LogP contribution is 2.36. The van der Waals surface area contributed by atoms with Crippen LogP contribution in [0.5, 0.6) is 0 Å². The van der Waals surface area contributed by atoms with Crippen molar-refractivity contribution in [3.63, 3.8) is 0 Å². The molecule has 0 radical (unpaired) electrons. The van der Waals surface area contributed by atoms with Gasteiger partial charge in [0.05, 0.1) is 0 Å². The zero-order valence-corrected chi connectivity index (χ0v) is 19.7. The highest BCUT2D eigenvalue weighted by atomic mass is 16.3. The lowest BCUT2D eigenvalue weighted by atomic mass is 10.0. The largest absolute Gasteiger partial charge is 0.436 e. The Hall–Kier alpha value is -5.16. The van der Waals surface area contributed by atoms with Crippen molar-refractivity contribution in [1.29, 1.82) is 0 Å². The predicted octanol–water partition coefficient (Wildman–Crippen LogP) is 7.83. The minimum atomic E-state index is 0.587. The average Bonchev–Trinajstić information content (AvgIpc) is 3.43. The van der Waals surface area contributed by atoms with Crippen molar-refractivity contribution in [3.8, 4) is 45.6 Å². The van der Waals surface area contributed by atoms with E-state index in [2.05, 4.69) is 12.1 Å². The van der Waals surface area contributed by atoms with Crippen molar-refractivity contribution >= 4 is 21.9 Å². The molecule has 0 saturated carbocycles. The van der Waals surface area contributed by atoms with Gasteiger partial charge >= 0.3 is 0 Å². The third-order valence-electron chi connectivity index (χ3n) is 6.36. The van der Waals surface area contributed by atoms with E-state index in [1.54, 1.807) is 0 Å². The summed E-state index contributed by atoms with van der Waals surface area (Å²) in [7, 11) is 0. The van der Waals surface area contributed by atoms with Gasteiger partial charge in [-0.1, -0.05) is 103 Å². The maximum absolute atomic E-state index is 6.27. The normalized spacial score (nSPS) is 11.2. The van der Waals surface area contributed by atoms with Crippen LogP contribution in [0.3, 0.4) is 0 Å². The molecule has 0 spiro atoms.